The van der Waals surface area contributed by atoms with Crippen LogP contribution in [-0.2, 0) is 16.4 Å². The Balaban J connectivity index is 1.80. The van der Waals surface area contributed by atoms with Gasteiger partial charge in [-0.05, 0) is 29.9 Å². The number of nitrogens with one attached hydrogen (secondary N) is 1. The SMILES string of the molecule is O=S(=O)(CC1CC1)NC1c2ccccc2CC1O. The summed E-state index contributed by atoms with van der Waals surface area (Å²) in [6.07, 6.45) is 1.87. The molecule has 0 saturated heterocycles. The van der Waals surface area contributed by atoms with Gasteiger partial charge in [-0.3, -0.25) is 0 Å². The number of hydrogen-bond acceptors (Lipinski definition) is 3. The molecule has 2 N–H and O–H groups in total. The molecular formula is C13H17NO3S. The lowest BCUT2D eigenvalue weighted by molar-refractivity contribution is 0.151. The monoisotopic (exact) mass is 267 g/mol. The standard InChI is InChI=1S/C13H17NO3S/c15-12-7-10-3-1-2-4-11(10)13(12)14-18(16,17)8-9-5-6-9/h1-4,9,12-15H,5-8H2. The molecule has 1 fully saturated rings. The molecule has 0 heterocycles. The first kappa shape index (κ1) is 12.1. The van der Waals surface area contributed by atoms with Crippen LogP contribution in [0.15, 0.2) is 24.3 Å². The average Bonchev–Trinajstić information content (AvgIpc) is 3.04. The maximum Gasteiger partial charge on any atom is 0.212 e. The van der Waals surface area contributed by atoms with Gasteiger partial charge in [0.1, 0.15) is 0 Å². The van der Waals surface area contributed by atoms with E-state index >= 15 is 0 Å². The normalized spacial score (nSPS) is 27.2. The van der Waals surface area contributed by atoms with Gasteiger partial charge in [0.15, 0.2) is 0 Å². The van der Waals surface area contributed by atoms with Gasteiger partial charge in [-0.15, -0.1) is 0 Å². The summed E-state index contributed by atoms with van der Waals surface area (Å²) < 4.78 is 26.6. The third-order valence-corrected chi connectivity index (χ3v) is 5.19. The average molecular weight is 267 g/mol. The number of benzene rings is 1. The van der Waals surface area contributed by atoms with Crippen LogP contribution in [0.2, 0.25) is 0 Å². The Bertz CT molecular complexity index is 551. The predicted octanol–water partition coefficient (Wildman–Crippen LogP) is 0.974. The van der Waals surface area contributed by atoms with Crippen molar-refractivity contribution in [1.82, 2.24) is 4.72 Å². The minimum absolute atomic E-state index is 0.193. The van der Waals surface area contributed by atoms with Crippen molar-refractivity contribution in [1.29, 1.82) is 0 Å². The van der Waals surface area contributed by atoms with Gasteiger partial charge < -0.3 is 5.11 Å². The van der Waals surface area contributed by atoms with E-state index in [2.05, 4.69) is 4.72 Å². The van der Waals surface area contributed by atoms with Crippen LogP contribution < -0.4 is 4.72 Å². The molecule has 0 amide bonds. The summed E-state index contributed by atoms with van der Waals surface area (Å²) in [7, 11) is -3.29. The smallest absolute Gasteiger partial charge is 0.212 e. The van der Waals surface area contributed by atoms with Crippen molar-refractivity contribution >= 4 is 10.0 Å². The molecule has 0 aromatic heterocycles. The highest BCUT2D eigenvalue weighted by Crippen LogP contribution is 2.34. The molecule has 5 heteroatoms. The third-order valence-electron chi connectivity index (χ3n) is 3.66. The molecule has 1 saturated carbocycles. The van der Waals surface area contributed by atoms with Crippen LogP contribution in [0.5, 0.6) is 0 Å². The third kappa shape index (κ3) is 2.43. The maximum atomic E-state index is 12.0. The summed E-state index contributed by atoms with van der Waals surface area (Å²) in [5.41, 5.74) is 1.94. The Morgan fingerprint density at radius 2 is 2.00 bits per heavy atom. The number of rotatable bonds is 4. The largest absolute Gasteiger partial charge is 0.391 e. The molecule has 2 unspecified atom stereocenters. The van der Waals surface area contributed by atoms with Crippen molar-refractivity contribution in [2.45, 2.75) is 31.4 Å². The molecule has 2 atom stereocenters. The lowest BCUT2D eigenvalue weighted by atomic mass is 10.1. The van der Waals surface area contributed by atoms with E-state index < -0.39 is 22.2 Å². The van der Waals surface area contributed by atoms with Crippen molar-refractivity contribution in [2.24, 2.45) is 5.92 Å². The molecule has 4 nitrogen and oxygen atoms in total. The molecule has 2 aliphatic rings. The highest BCUT2D eigenvalue weighted by molar-refractivity contribution is 7.89. The Morgan fingerprint density at radius 3 is 2.72 bits per heavy atom. The van der Waals surface area contributed by atoms with Gasteiger partial charge in [-0.2, -0.15) is 0 Å². The number of hydrogen-bond donors (Lipinski definition) is 2. The van der Waals surface area contributed by atoms with E-state index in [1.54, 1.807) is 0 Å². The summed E-state index contributed by atoms with van der Waals surface area (Å²) >= 11 is 0. The van der Waals surface area contributed by atoms with Crippen LogP contribution in [-0.4, -0.2) is 25.4 Å². The number of sulfonamides is 1. The van der Waals surface area contributed by atoms with Gasteiger partial charge in [-0.25, -0.2) is 13.1 Å². The van der Waals surface area contributed by atoms with Crippen LogP contribution in [0.1, 0.15) is 30.0 Å². The molecular weight excluding hydrogens is 250 g/mol. The zero-order valence-corrected chi connectivity index (χ0v) is 10.9. The minimum Gasteiger partial charge on any atom is -0.391 e. The first-order valence-electron chi connectivity index (χ1n) is 6.31. The molecule has 1 aromatic carbocycles. The molecule has 98 valence electrons. The first-order chi connectivity index (χ1) is 8.55. The van der Waals surface area contributed by atoms with Crippen LogP contribution in [0, 0.1) is 5.92 Å². The summed E-state index contributed by atoms with van der Waals surface area (Å²) in [6, 6.07) is 7.12. The van der Waals surface area contributed by atoms with Crippen molar-refractivity contribution in [3.05, 3.63) is 35.4 Å². The van der Waals surface area contributed by atoms with Crippen LogP contribution in [0.3, 0.4) is 0 Å². The van der Waals surface area contributed by atoms with Crippen LogP contribution >= 0.6 is 0 Å². The summed E-state index contributed by atoms with van der Waals surface area (Å²) in [5, 5.41) is 10.00. The number of aliphatic hydroxyl groups excluding tert-OH is 1. The fourth-order valence-corrected chi connectivity index (χ4v) is 4.27. The summed E-state index contributed by atoms with van der Waals surface area (Å²) in [6.45, 7) is 0. The number of fused-ring (bicyclic) bond motifs is 1. The van der Waals surface area contributed by atoms with Gasteiger partial charge in [0.2, 0.25) is 10.0 Å². The summed E-state index contributed by atoms with van der Waals surface area (Å²) in [5.74, 6) is 0.509. The number of aliphatic hydroxyl groups is 1. The van der Waals surface area contributed by atoms with E-state index in [-0.39, 0.29) is 5.75 Å². The molecule has 1 aromatic rings. The highest BCUT2D eigenvalue weighted by Gasteiger charge is 2.35. The maximum absolute atomic E-state index is 12.0. The Hall–Kier alpha value is -0.910. The molecule has 0 aliphatic heterocycles. The second-order valence-electron chi connectivity index (χ2n) is 5.29. The van der Waals surface area contributed by atoms with Gasteiger partial charge in [-0.1, -0.05) is 24.3 Å². The van der Waals surface area contributed by atoms with Crippen molar-refractivity contribution in [3.8, 4) is 0 Å². The van der Waals surface area contributed by atoms with Gasteiger partial charge in [0.25, 0.3) is 0 Å². The topological polar surface area (TPSA) is 66.4 Å². The van der Waals surface area contributed by atoms with Crippen molar-refractivity contribution in [3.63, 3.8) is 0 Å². The van der Waals surface area contributed by atoms with Gasteiger partial charge in [0, 0.05) is 6.42 Å². The molecule has 0 radical (unpaired) electrons. The molecule has 18 heavy (non-hydrogen) atoms. The second kappa shape index (κ2) is 4.33. The second-order valence-corrected chi connectivity index (χ2v) is 7.09. The molecule has 3 rings (SSSR count). The van der Waals surface area contributed by atoms with Crippen LogP contribution in [0.25, 0.3) is 0 Å². The zero-order chi connectivity index (χ0) is 12.8. The Morgan fingerprint density at radius 1 is 1.28 bits per heavy atom. The molecule has 0 spiro atoms. The van der Waals surface area contributed by atoms with Gasteiger partial charge in [0.05, 0.1) is 17.9 Å². The first-order valence-corrected chi connectivity index (χ1v) is 7.96. The fourth-order valence-electron chi connectivity index (χ4n) is 2.55. The quantitative estimate of drug-likeness (QED) is 0.854. The Kier molecular flexibility index (Phi) is 2.92. The summed E-state index contributed by atoms with van der Waals surface area (Å²) in [4.78, 5) is 0. The lowest BCUT2D eigenvalue weighted by Gasteiger charge is -2.17. The van der Waals surface area contributed by atoms with Crippen molar-refractivity contribution < 1.29 is 13.5 Å². The predicted molar refractivity (Wildman–Crippen MR) is 68.5 cm³/mol. The lowest BCUT2D eigenvalue weighted by Crippen LogP contribution is -2.35. The zero-order valence-electron chi connectivity index (χ0n) is 10.0. The van der Waals surface area contributed by atoms with Crippen molar-refractivity contribution in [2.75, 3.05) is 5.75 Å². The Labute approximate surface area is 107 Å². The van der Waals surface area contributed by atoms with E-state index in [1.165, 1.54) is 0 Å². The fraction of sp³-hybridized carbons (Fsp3) is 0.538. The molecule has 0 bridgehead atoms. The van der Waals surface area contributed by atoms with E-state index in [9.17, 15) is 13.5 Å². The van der Waals surface area contributed by atoms with Crippen LogP contribution in [0.4, 0.5) is 0 Å². The minimum atomic E-state index is -3.29. The van der Waals surface area contributed by atoms with E-state index in [0.29, 0.717) is 12.3 Å². The van der Waals surface area contributed by atoms with E-state index in [0.717, 1.165) is 24.0 Å². The van der Waals surface area contributed by atoms with Gasteiger partial charge >= 0.3 is 0 Å². The van der Waals surface area contributed by atoms with E-state index in [4.69, 9.17) is 0 Å². The van der Waals surface area contributed by atoms with E-state index in [1.807, 2.05) is 24.3 Å². The highest BCUT2D eigenvalue weighted by atomic mass is 32.2. The molecule has 2 aliphatic carbocycles.